The van der Waals surface area contributed by atoms with Gasteiger partial charge in [0.25, 0.3) is 0 Å². The van der Waals surface area contributed by atoms with Crippen LogP contribution in [0.3, 0.4) is 0 Å². The number of hydrogen-bond donors (Lipinski definition) is 3. The van der Waals surface area contributed by atoms with Crippen LogP contribution in [0.4, 0.5) is 17.6 Å². The summed E-state index contributed by atoms with van der Waals surface area (Å²) in [5.41, 5.74) is 7.89. The molecule has 1 aliphatic carbocycles. The number of rotatable bonds is 7. The number of nitrogens with zero attached hydrogens (tertiary/aromatic N) is 3. The predicted molar refractivity (Wildman–Crippen MR) is 119 cm³/mol. The Morgan fingerprint density at radius 1 is 1.17 bits per heavy atom. The quantitative estimate of drug-likeness (QED) is 0.634. The molecule has 1 aromatic heterocycles. The number of carbonyl (C=O) groups excluding carboxylic acids is 1. The maximum absolute atomic E-state index is 12.3. The number of hydrogen-bond acceptors (Lipinski definition) is 7. The fourth-order valence-corrected chi connectivity index (χ4v) is 4.28. The monoisotopic (exact) mass is 414 g/mol. The highest BCUT2D eigenvalue weighted by Crippen LogP contribution is 2.29. The molecule has 3 atom stereocenters. The molecule has 1 amide bonds. The molecule has 1 fully saturated rings. The number of aryl methyl sites for hydroxylation is 1. The molecule has 7 nitrogen and oxygen atoms in total. The van der Waals surface area contributed by atoms with E-state index in [1.165, 1.54) is 30.2 Å². The highest BCUT2D eigenvalue weighted by Gasteiger charge is 2.27. The first-order valence-corrected chi connectivity index (χ1v) is 11.3. The summed E-state index contributed by atoms with van der Waals surface area (Å²) in [6.07, 6.45) is 3.51. The summed E-state index contributed by atoms with van der Waals surface area (Å²) < 4.78 is 0. The second-order valence-electron chi connectivity index (χ2n) is 7.86. The Labute approximate surface area is 176 Å². The van der Waals surface area contributed by atoms with Crippen LogP contribution in [0.1, 0.15) is 44.5 Å². The number of benzene rings is 1. The molecule has 0 unspecified atom stereocenters. The third-order valence-corrected chi connectivity index (χ3v) is 6.45. The Kier molecular flexibility index (Phi) is 7.30. The number of aromatic nitrogens is 3. The van der Waals surface area contributed by atoms with Crippen molar-refractivity contribution in [3.63, 3.8) is 0 Å². The fraction of sp³-hybridized carbons (Fsp3) is 0.524. The maximum Gasteiger partial charge on any atom is 0.232 e. The molecule has 0 aliphatic heterocycles. The van der Waals surface area contributed by atoms with Crippen molar-refractivity contribution in [1.29, 1.82) is 0 Å². The molecule has 0 saturated heterocycles. The Morgan fingerprint density at radius 2 is 1.93 bits per heavy atom. The van der Waals surface area contributed by atoms with Gasteiger partial charge in [0.1, 0.15) is 5.82 Å². The molecule has 1 saturated carbocycles. The lowest BCUT2D eigenvalue weighted by Gasteiger charge is -2.34. The van der Waals surface area contributed by atoms with E-state index < -0.39 is 0 Å². The van der Waals surface area contributed by atoms with Gasteiger partial charge in [0.2, 0.25) is 17.8 Å². The number of nitrogens with two attached hydrogens (primary N) is 1. The first kappa shape index (κ1) is 21.4. The van der Waals surface area contributed by atoms with Crippen LogP contribution >= 0.6 is 11.8 Å². The van der Waals surface area contributed by atoms with Crippen molar-refractivity contribution in [3.05, 3.63) is 35.7 Å². The van der Waals surface area contributed by atoms with Crippen molar-refractivity contribution in [3.8, 4) is 0 Å². The zero-order chi connectivity index (χ0) is 20.8. The summed E-state index contributed by atoms with van der Waals surface area (Å²) in [7, 11) is 0. The van der Waals surface area contributed by atoms with E-state index in [-0.39, 0.29) is 17.9 Å². The van der Waals surface area contributed by atoms with E-state index >= 15 is 0 Å². The third kappa shape index (κ3) is 6.32. The van der Waals surface area contributed by atoms with Crippen LogP contribution in [-0.4, -0.2) is 32.7 Å². The zero-order valence-electron chi connectivity index (χ0n) is 17.3. The molecule has 2 aromatic rings. The van der Waals surface area contributed by atoms with E-state index in [4.69, 9.17) is 5.73 Å². The molecular weight excluding hydrogens is 384 g/mol. The smallest absolute Gasteiger partial charge is 0.232 e. The van der Waals surface area contributed by atoms with Crippen LogP contribution in [0.2, 0.25) is 0 Å². The Hall–Kier alpha value is -2.35. The van der Waals surface area contributed by atoms with Gasteiger partial charge in [0, 0.05) is 11.7 Å². The molecule has 0 bridgehead atoms. The van der Waals surface area contributed by atoms with Gasteiger partial charge in [0.15, 0.2) is 0 Å². The highest BCUT2D eigenvalue weighted by molar-refractivity contribution is 7.99. The number of nitrogens with one attached hydrogen (secondary N) is 2. The van der Waals surface area contributed by atoms with Crippen molar-refractivity contribution in [2.24, 2.45) is 11.8 Å². The van der Waals surface area contributed by atoms with Crippen LogP contribution in [0, 0.1) is 18.8 Å². The second kappa shape index (κ2) is 9.91. The molecule has 4 N–H and O–H groups in total. The van der Waals surface area contributed by atoms with Gasteiger partial charge in [-0.1, -0.05) is 44.4 Å². The fourth-order valence-electron chi connectivity index (χ4n) is 3.59. The van der Waals surface area contributed by atoms with Crippen LogP contribution in [0.5, 0.6) is 0 Å². The lowest BCUT2D eigenvalue weighted by atomic mass is 9.78. The van der Waals surface area contributed by atoms with Gasteiger partial charge in [-0.05, 0) is 37.3 Å². The SMILES string of the molecule is Cc1ccc(Nc2nc(N)nc(CSCC(=O)N[C@H]3CCC[C@@H](C)[C@@H]3C)n2)cc1. The highest BCUT2D eigenvalue weighted by atomic mass is 32.2. The first-order valence-electron chi connectivity index (χ1n) is 10.1. The number of anilines is 3. The third-order valence-electron chi connectivity index (χ3n) is 5.52. The molecule has 8 heteroatoms. The lowest BCUT2D eigenvalue weighted by Crippen LogP contribution is -2.44. The number of nitrogen functional groups attached to an aromatic ring is 1. The normalized spacial score (nSPS) is 21.6. The van der Waals surface area contributed by atoms with E-state index in [1.807, 2.05) is 31.2 Å². The van der Waals surface area contributed by atoms with Crippen molar-refractivity contribution in [2.75, 3.05) is 16.8 Å². The Morgan fingerprint density at radius 3 is 2.69 bits per heavy atom. The topological polar surface area (TPSA) is 106 Å². The average molecular weight is 415 g/mol. The maximum atomic E-state index is 12.3. The predicted octanol–water partition coefficient (Wildman–Crippen LogP) is 3.68. The van der Waals surface area contributed by atoms with E-state index in [2.05, 4.69) is 39.4 Å². The Bertz CT molecular complexity index is 828. The van der Waals surface area contributed by atoms with Crippen LogP contribution in [0.15, 0.2) is 24.3 Å². The van der Waals surface area contributed by atoms with Gasteiger partial charge in [-0.15, -0.1) is 11.8 Å². The van der Waals surface area contributed by atoms with Crippen molar-refractivity contribution in [2.45, 2.75) is 51.8 Å². The second-order valence-corrected chi connectivity index (χ2v) is 8.84. The summed E-state index contributed by atoms with van der Waals surface area (Å²) in [4.78, 5) is 25.1. The van der Waals surface area contributed by atoms with Gasteiger partial charge in [-0.25, -0.2) is 0 Å². The zero-order valence-corrected chi connectivity index (χ0v) is 18.1. The summed E-state index contributed by atoms with van der Waals surface area (Å²) in [5.74, 6) is 3.27. The molecule has 156 valence electrons. The van der Waals surface area contributed by atoms with Gasteiger partial charge in [-0.2, -0.15) is 15.0 Å². The standard InChI is InChI=1S/C21H30N6OS/c1-13-7-9-16(10-8-13)23-21-26-18(25-20(22)27-21)11-29-12-19(28)24-17-6-4-5-14(2)15(17)3/h7-10,14-15,17H,4-6,11-12H2,1-3H3,(H,24,28)(H3,22,23,25,26,27)/t14-,15+,17+/m1/s1. The van der Waals surface area contributed by atoms with Crippen LogP contribution in [0.25, 0.3) is 0 Å². The summed E-state index contributed by atoms with van der Waals surface area (Å²) in [6, 6.07) is 8.22. The molecule has 29 heavy (non-hydrogen) atoms. The molecule has 1 aliphatic rings. The summed E-state index contributed by atoms with van der Waals surface area (Å²) in [5, 5.41) is 6.34. The van der Waals surface area contributed by atoms with Gasteiger partial charge >= 0.3 is 0 Å². The number of carbonyl (C=O) groups is 1. The van der Waals surface area contributed by atoms with Crippen LogP contribution < -0.4 is 16.4 Å². The van der Waals surface area contributed by atoms with Crippen molar-refractivity contribution >= 4 is 35.3 Å². The number of amides is 1. The van der Waals surface area contributed by atoms with Crippen molar-refractivity contribution < 1.29 is 4.79 Å². The van der Waals surface area contributed by atoms with Gasteiger partial charge < -0.3 is 16.4 Å². The molecule has 1 heterocycles. The minimum Gasteiger partial charge on any atom is -0.368 e. The van der Waals surface area contributed by atoms with Gasteiger partial charge in [0.05, 0.1) is 11.5 Å². The van der Waals surface area contributed by atoms with E-state index in [0.717, 1.165) is 12.1 Å². The largest absolute Gasteiger partial charge is 0.368 e. The van der Waals surface area contributed by atoms with E-state index in [0.29, 0.717) is 35.1 Å². The number of thioether (sulfide) groups is 1. The molecule has 0 spiro atoms. The first-order chi connectivity index (χ1) is 13.9. The summed E-state index contributed by atoms with van der Waals surface area (Å²) in [6.45, 7) is 6.54. The molecule has 0 radical (unpaired) electrons. The van der Waals surface area contributed by atoms with E-state index in [9.17, 15) is 4.79 Å². The minimum absolute atomic E-state index is 0.0704. The lowest BCUT2D eigenvalue weighted by molar-refractivity contribution is -0.119. The van der Waals surface area contributed by atoms with Gasteiger partial charge in [-0.3, -0.25) is 4.79 Å². The Balaban J connectivity index is 1.50. The average Bonchev–Trinajstić information content (AvgIpc) is 2.67. The summed E-state index contributed by atoms with van der Waals surface area (Å²) >= 11 is 1.48. The van der Waals surface area contributed by atoms with Crippen LogP contribution in [-0.2, 0) is 10.5 Å². The molecule has 1 aromatic carbocycles. The van der Waals surface area contributed by atoms with E-state index in [1.54, 1.807) is 0 Å². The molecular formula is C21H30N6OS. The minimum atomic E-state index is 0.0704. The van der Waals surface area contributed by atoms with Crippen molar-refractivity contribution in [1.82, 2.24) is 20.3 Å². The molecule has 3 rings (SSSR count).